The Bertz CT molecular complexity index is 1040. The number of aromatic amines is 1. The van der Waals surface area contributed by atoms with Crippen molar-refractivity contribution in [3.05, 3.63) is 79.0 Å². The number of nitro benzene ring substituents is 1. The van der Waals surface area contributed by atoms with E-state index in [-0.39, 0.29) is 29.9 Å². The van der Waals surface area contributed by atoms with Crippen LogP contribution < -0.4 is 16.7 Å². The van der Waals surface area contributed by atoms with Crippen LogP contribution in [0.3, 0.4) is 0 Å². The van der Waals surface area contributed by atoms with Crippen molar-refractivity contribution >= 4 is 11.4 Å². The van der Waals surface area contributed by atoms with Gasteiger partial charge in [0, 0.05) is 25.1 Å². The topological polar surface area (TPSA) is 143 Å². The number of non-ortho nitro benzene ring substituents is 1. The Morgan fingerprint density at radius 1 is 1.46 bits per heavy atom. The molecule has 10 heteroatoms. The molecule has 1 aliphatic rings. The summed E-state index contributed by atoms with van der Waals surface area (Å²) >= 11 is 0. The van der Waals surface area contributed by atoms with Crippen molar-refractivity contribution in [3.8, 4) is 5.88 Å². The van der Waals surface area contributed by atoms with Gasteiger partial charge < -0.3 is 10.5 Å². The number of allylic oxidation sites excluding steroid dienone is 1. The van der Waals surface area contributed by atoms with Gasteiger partial charge in [-0.1, -0.05) is 18.2 Å². The van der Waals surface area contributed by atoms with Crippen LogP contribution in [-0.2, 0) is 6.54 Å². The summed E-state index contributed by atoms with van der Waals surface area (Å²) < 4.78 is 0.965. The molecule has 3 N–H and O–H groups in total. The Morgan fingerprint density at radius 3 is 2.92 bits per heavy atom. The van der Waals surface area contributed by atoms with Crippen LogP contribution in [0.4, 0.5) is 5.69 Å². The lowest BCUT2D eigenvalue weighted by Gasteiger charge is -2.11. The Balaban J connectivity index is 1.94. The lowest BCUT2D eigenvalue weighted by atomic mass is 9.99. The van der Waals surface area contributed by atoms with Gasteiger partial charge in [-0.15, -0.1) is 6.58 Å². The smallest absolute Gasteiger partial charge is 0.331 e. The molecule has 0 bridgehead atoms. The average Bonchev–Trinajstić information content (AvgIpc) is 3.08. The summed E-state index contributed by atoms with van der Waals surface area (Å²) in [6.07, 6.45) is 1.62. The van der Waals surface area contributed by atoms with Crippen molar-refractivity contribution in [3.63, 3.8) is 0 Å². The predicted octanol–water partition coefficient (Wildman–Crippen LogP) is 0.775. The summed E-state index contributed by atoms with van der Waals surface area (Å²) in [6, 6.07) is 5.65. The molecule has 0 aliphatic carbocycles. The quantitative estimate of drug-likeness (QED) is 0.410. The summed E-state index contributed by atoms with van der Waals surface area (Å²) in [5.74, 6) is -0.501. The van der Waals surface area contributed by atoms with Crippen molar-refractivity contribution in [2.24, 2.45) is 5.10 Å². The van der Waals surface area contributed by atoms with Gasteiger partial charge in [0.05, 0.1) is 16.7 Å². The molecule has 2 aromatic rings. The highest BCUT2D eigenvalue weighted by Gasteiger charge is 2.27. The average molecular weight is 357 g/mol. The van der Waals surface area contributed by atoms with Gasteiger partial charge >= 0.3 is 5.69 Å². The van der Waals surface area contributed by atoms with Gasteiger partial charge in [-0.25, -0.2) is 4.79 Å². The van der Waals surface area contributed by atoms with E-state index in [4.69, 9.17) is 0 Å². The molecule has 0 saturated carbocycles. The largest absolute Gasteiger partial charge is 0.494 e. The first-order valence-electron chi connectivity index (χ1n) is 7.66. The maximum Gasteiger partial charge on any atom is 0.331 e. The van der Waals surface area contributed by atoms with E-state index in [2.05, 4.69) is 22.1 Å². The van der Waals surface area contributed by atoms with Crippen molar-refractivity contribution < 1.29 is 10.0 Å². The number of aromatic nitrogens is 2. The Kier molecular flexibility index (Phi) is 4.40. The van der Waals surface area contributed by atoms with Gasteiger partial charge in [-0.05, 0) is 5.56 Å². The second kappa shape index (κ2) is 6.67. The van der Waals surface area contributed by atoms with Crippen LogP contribution >= 0.6 is 0 Å². The minimum Gasteiger partial charge on any atom is -0.494 e. The molecule has 26 heavy (non-hydrogen) atoms. The minimum atomic E-state index is -0.756. The molecule has 134 valence electrons. The van der Waals surface area contributed by atoms with Gasteiger partial charge in [0.1, 0.15) is 5.56 Å². The lowest BCUT2D eigenvalue weighted by Crippen LogP contribution is -2.33. The van der Waals surface area contributed by atoms with Gasteiger partial charge in [-0.3, -0.25) is 24.5 Å². The molecule has 0 unspecified atom stereocenters. The third-order valence-corrected chi connectivity index (χ3v) is 4.01. The highest BCUT2D eigenvalue weighted by molar-refractivity contribution is 6.03. The molecule has 0 radical (unpaired) electrons. The maximum atomic E-state index is 12.1. The summed E-state index contributed by atoms with van der Waals surface area (Å²) in [5.41, 5.74) is 1.98. The van der Waals surface area contributed by atoms with Gasteiger partial charge in [-0.2, -0.15) is 5.10 Å². The first kappa shape index (κ1) is 17.1. The zero-order valence-corrected chi connectivity index (χ0v) is 13.5. The Hall–Kier alpha value is -3.69. The van der Waals surface area contributed by atoms with Crippen LogP contribution in [0.15, 0.2) is 51.6 Å². The fourth-order valence-electron chi connectivity index (χ4n) is 2.76. The number of hydrogen-bond donors (Lipinski definition) is 3. The number of aromatic hydroxyl groups is 1. The molecular weight excluding hydrogens is 342 g/mol. The van der Waals surface area contributed by atoms with E-state index in [9.17, 15) is 24.8 Å². The van der Waals surface area contributed by atoms with Gasteiger partial charge in [0.25, 0.3) is 11.2 Å². The van der Waals surface area contributed by atoms with E-state index in [1.807, 2.05) is 0 Å². The zero-order chi connectivity index (χ0) is 18.8. The summed E-state index contributed by atoms with van der Waals surface area (Å²) in [5, 5.41) is 25.3. The van der Waals surface area contributed by atoms with E-state index in [0.717, 1.165) is 4.57 Å². The zero-order valence-electron chi connectivity index (χ0n) is 13.5. The van der Waals surface area contributed by atoms with Crippen molar-refractivity contribution in [2.45, 2.75) is 19.0 Å². The second-order valence-corrected chi connectivity index (χ2v) is 5.65. The number of H-pyrrole nitrogens is 1. The van der Waals surface area contributed by atoms with Gasteiger partial charge in [0.2, 0.25) is 5.88 Å². The van der Waals surface area contributed by atoms with Crippen LogP contribution in [0.1, 0.15) is 23.6 Å². The maximum absolute atomic E-state index is 12.1. The van der Waals surface area contributed by atoms with Crippen LogP contribution in [-0.4, -0.2) is 25.3 Å². The number of nitrogens with one attached hydrogen (secondary N) is 2. The van der Waals surface area contributed by atoms with E-state index in [0.29, 0.717) is 5.56 Å². The number of nitrogens with zero attached hydrogens (tertiary/aromatic N) is 3. The third kappa shape index (κ3) is 2.99. The van der Waals surface area contributed by atoms with Crippen LogP contribution in [0.5, 0.6) is 5.88 Å². The monoisotopic (exact) mass is 357 g/mol. The lowest BCUT2D eigenvalue weighted by molar-refractivity contribution is -0.384. The normalized spacial score (nSPS) is 16.0. The van der Waals surface area contributed by atoms with Gasteiger partial charge in [0.15, 0.2) is 0 Å². The number of benzene rings is 1. The number of nitro groups is 1. The molecule has 2 heterocycles. The fourth-order valence-corrected chi connectivity index (χ4v) is 2.76. The Morgan fingerprint density at radius 2 is 2.23 bits per heavy atom. The molecule has 0 fully saturated rings. The molecule has 0 spiro atoms. The molecule has 10 nitrogen and oxygen atoms in total. The predicted molar refractivity (Wildman–Crippen MR) is 93.3 cm³/mol. The van der Waals surface area contributed by atoms with Crippen molar-refractivity contribution in [2.75, 3.05) is 0 Å². The number of hydrogen-bond acceptors (Lipinski definition) is 7. The summed E-state index contributed by atoms with van der Waals surface area (Å²) in [6.45, 7) is 3.52. The van der Waals surface area contributed by atoms with E-state index in [1.54, 1.807) is 12.1 Å². The van der Waals surface area contributed by atoms with Crippen LogP contribution in [0.2, 0.25) is 0 Å². The molecule has 0 saturated heterocycles. The fraction of sp³-hybridized carbons (Fsp3) is 0.188. The minimum absolute atomic E-state index is 0.0173. The Labute approximate surface area is 146 Å². The van der Waals surface area contributed by atoms with E-state index < -0.39 is 28.1 Å². The molecule has 3 rings (SSSR count). The van der Waals surface area contributed by atoms with E-state index in [1.165, 1.54) is 18.2 Å². The molecule has 1 atom stereocenters. The molecule has 1 aliphatic heterocycles. The van der Waals surface area contributed by atoms with Crippen molar-refractivity contribution in [1.82, 2.24) is 15.0 Å². The highest BCUT2D eigenvalue weighted by atomic mass is 16.6. The van der Waals surface area contributed by atoms with E-state index >= 15 is 0 Å². The SMILES string of the molecule is C=CCn1c(O)c(C2=NN[C@@H](c3cccc([N+](=O)[O-])c3)C2)c(=O)[nH]c1=O. The molecule has 0 amide bonds. The number of hydrazone groups is 1. The van der Waals surface area contributed by atoms with Crippen molar-refractivity contribution in [1.29, 1.82) is 0 Å². The third-order valence-electron chi connectivity index (χ3n) is 4.01. The second-order valence-electron chi connectivity index (χ2n) is 5.65. The van der Waals surface area contributed by atoms with Crippen LogP contribution in [0, 0.1) is 10.1 Å². The first-order valence-corrected chi connectivity index (χ1v) is 7.66. The molecule has 1 aromatic heterocycles. The van der Waals surface area contributed by atoms with Crippen LogP contribution in [0.25, 0.3) is 0 Å². The molecular formula is C16H15N5O5. The standard InChI is InChI=1S/C16H15N5O5/c1-2-6-20-15(23)13(14(22)17-16(20)24)12-8-11(18-19-12)9-4-3-5-10(7-9)21(25)26/h2-5,7,11,18,23H,1,6,8H2,(H,17,22,24)/t11-/m1/s1. The molecule has 1 aromatic carbocycles. The number of rotatable bonds is 5. The summed E-state index contributed by atoms with van der Waals surface area (Å²) in [4.78, 5) is 36.5. The summed E-state index contributed by atoms with van der Waals surface area (Å²) in [7, 11) is 0. The first-order chi connectivity index (χ1) is 12.4. The highest BCUT2D eigenvalue weighted by Crippen LogP contribution is 2.27.